The Labute approximate surface area is 198 Å². The number of carbonyl (C=O) groups is 2. The van der Waals surface area contributed by atoms with Crippen LogP contribution in [0.25, 0.3) is 0 Å². The van der Waals surface area contributed by atoms with E-state index in [-0.39, 0.29) is 29.3 Å². The van der Waals surface area contributed by atoms with Crippen LogP contribution >= 0.6 is 11.8 Å². The molecule has 1 aromatic carbocycles. The van der Waals surface area contributed by atoms with Crippen molar-refractivity contribution in [2.24, 2.45) is 5.92 Å². The first-order chi connectivity index (χ1) is 16.0. The molecule has 4 rings (SSSR count). The summed E-state index contributed by atoms with van der Waals surface area (Å²) >= 11 is 1.65. The first kappa shape index (κ1) is 23.4. The number of amides is 3. The number of rotatable bonds is 7. The van der Waals surface area contributed by atoms with Crippen LogP contribution in [0.15, 0.2) is 47.3 Å². The Morgan fingerprint density at radius 3 is 2.64 bits per heavy atom. The molecule has 8 heteroatoms. The van der Waals surface area contributed by atoms with Gasteiger partial charge < -0.3 is 20.1 Å². The predicted octanol–water partition coefficient (Wildman–Crippen LogP) is 3.30. The van der Waals surface area contributed by atoms with Gasteiger partial charge in [0.15, 0.2) is 0 Å². The molecule has 0 radical (unpaired) electrons. The maximum absolute atomic E-state index is 13.2. The van der Waals surface area contributed by atoms with Crippen LogP contribution in [0.2, 0.25) is 0 Å². The fourth-order valence-electron chi connectivity index (χ4n) is 4.86. The third-order valence-electron chi connectivity index (χ3n) is 6.62. The van der Waals surface area contributed by atoms with Gasteiger partial charge in [-0.05, 0) is 61.0 Å². The van der Waals surface area contributed by atoms with Crippen LogP contribution in [-0.4, -0.2) is 52.5 Å². The smallest absolute Gasteiger partial charge is 0.318 e. The second-order valence-corrected chi connectivity index (χ2v) is 9.91. The number of thioether (sulfide) groups is 1. The first-order valence-electron chi connectivity index (χ1n) is 11.6. The number of aryl methyl sites for hydroxylation is 1. The zero-order valence-electron chi connectivity index (χ0n) is 19.3. The summed E-state index contributed by atoms with van der Waals surface area (Å²) in [6, 6.07) is 12.4. The molecule has 2 aliphatic heterocycles. The molecule has 1 saturated heterocycles. The van der Waals surface area contributed by atoms with Crippen LogP contribution in [0.3, 0.4) is 0 Å². The van der Waals surface area contributed by atoms with Gasteiger partial charge in [0, 0.05) is 43.0 Å². The summed E-state index contributed by atoms with van der Waals surface area (Å²) < 4.78 is 1.85. The van der Waals surface area contributed by atoms with Gasteiger partial charge in [-0.3, -0.25) is 9.59 Å². The van der Waals surface area contributed by atoms with Gasteiger partial charge in [0.2, 0.25) is 5.91 Å². The minimum Gasteiger partial charge on any atom is -0.326 e. The van der Waals surface area contributed by atoms with E-state index in [1.807, 2.05) is 46.1 Å². The number of urea groups is 1. The van der Waals surface area contributed by atoms with Crippen molar-refractivity contribution in [1.29, 1.82) is 0 Å². The van der Waals surface area contributed by atoms with Gasteiger partial charge in [-0.25, -0.2) is 4.79 Å². The number of carbonyl (C=O) groups excluding carboxylic acids is 2. The van der Waals surface area contributed by atoms with Crippen LogP contribution in [0.4, 0.5) is 10.5 Å². The van der Waals surface area contributed by atoms with Gasteiger partial charge in [0.05, 0.1) is 0 Å². The third-order valence-corrected chi connectivity index (χ3v) is 7.27. The molecule has 2 bridgehead atoms. The van der Waals surface area contributed by atoms with Crippen molar-refractivity contribution in [1.82, 2.24) is 14.8 Å². The zero-order valence-corrected chi connectivity index (χ0v) is 20.1. The summed E-state index contributed by atoms with van der Waals surface area (Å²) in [5, 5.41) is 5.93. The molecule has 1 fully saturated rings. The predicted molar refractivity (Wildman–Crippen MR) is 133 cm³/mol. The highest BCUT2D eigenvalue weighted by Gasteiger charge is 2.37. The number of fused-ring (bicyclic) bond motifs is 4. The Morgan fingerprint density at radius 1 is 1.12 bits per heavy atom. The maximum Gasteiger partial charge on any atom is 0.318 e. The van der Waals surface area contributed by atoms with Crippen LogP contribution in [0, 0.1) is 5.92 Å². The minimum atomic E-state index is -0.604. The van der Waals surface area contributed by atoms with E-state index in [0.29, 0.717) is 26.1 Å². The highest BCUT2D eigenvalue weighted by Crippen LogP contribution is 2.34. The number of hydrogen-bond donors (Lipinski definition) is 2. The van der Waals surface area contributed by atoms with Crippen LogP contribution in [-0.2, 0) is 17.8 Å². The lowest BCUT2D eigenvalue weighted by Crippen LogP contribution is -2.55. The second-order valence-electron chi connectivity index (χ2n) is 8.93. The van der Waals surface area contributed by atoms with Crippen molar-refractivity contribution < 1.29 is 9.59 Å². The van der Waals surface area contributed by atoms with E-state index in [4.69, 9.17) is 0 Å². The van der Waals surface area contributed by atoms with Gasteiger partial charge in [-0.15, -0.1) is 0 Å². The Balaban J connectivity index is 1.42. The molecule has 2 aliphatic rings. The van der Waals surface area contributed by atoms with E-state index >= 15 is 0 Å². The highest BCUT2D eigenvalue weighted by atomic mass is 32.2. The summed E-state index contributed by atoms with van der Waals surface area (Å²) in [7, 11) is 0. The van der Waals surface area contributed by atoms with Gasteiger partial charge >= 0.3 is 6.03 Å². The molecule has 3 heterocycles. The molecular weight excluding hydrogens is 436 g/mol. The minimum absolute atomic E-state index is 0.0286. The van der Waals surface area contributed by atoms with E-state index in [1.54, 1.807) is 23.9 Å². The highest BCUT2D eigenvalue weighted by molar-refractivity contribution is 7.98. The van der Waals surface area contributed by atoms with Crippen molar-refractivity contribution in [3.63, 3.8) is 0 Å². The average Bonchev–Trinajstić information content (AvgIpc) is 2.82. The molecule has 2 aromatic rings. The summed E-state index contributed by atoms with van der Waals surface area (Å²) in [6.07, 6.45) is 4.48. The van der Waals surface area contributed by atoms with Gasteiger partial charge in [-0.2, -0.15) is 11.8 Å². The Kier molecular flexibility index (Phi) is 7.42. The number of benzene rings is 1. The maximum atomic E-state index is 13.2. The molecule has 0 saturated carbocycles. The van der Waals surface area contributed by atoms with Gasteiger partial charge in [-0.1, -0.05) is 25.1 Å². The Hall–Kier alpha value is -2.74. The van der Waals surface area contributed by atoms with Gasteiger partial charge in [0.25, 0.3) is 5.56 Å². The number of anilines is 1. The van der Waals surface area contributed by atoms with Crippen molar-refractivity contribution in [2.75, 3.05) is 30.4 Å². The molecule has 3 amide bonds. The number of nitrogens with one attached hydrogen (secondary N) is 2. The molecule has 0 spiro atoms. The quantitative estimate of drug-likeness (QED) is 0.653. The summed E-state index contributed by atoms with van der Waals surface area (Å²) in [4.78, 5) is 40.2. The van der Waals surface area contributed by atoms with E-state index in [2.05, 4.69) is 17.6 Å². The Bertz CT molecular complexity index is 1050. The van der Waals surface area contributed by atoms with Gasteiger partial charge in [0.1, 0.15) is 6.04 Å². The fraction of sp³-hybridized carbons (Fsp3) is 0.480. The van der Waals surface area contributed by atoms with E-state index in [0.717, 1.165) is 30.0 Å². The standard InChI is InChI=1S/C25H32N4O3S/c1-3-17-7-9-20(10-8-17)26-24(31)21(11-12-33-2)27-25(32)28-14-18-13-19(16-28)22-5-4-6-23(30)29(22)15-18/h4-10,18-19,21H,3,11-16H2,1-2H3,(H,26,31)(H,27,32)/t18-,19+,21+/m1/s1. The van der Waals surface area contributed by atoms with E-state index in [1.165, 1.54) is 5.56 Å². The summed E-state index contributed by atoms with van der Waals surface area (Å²) in [5.74, 6) is 0.968. The van der Waals surface area contributed by atoms with Crippen molar-refractivity contribution in [2.45, 2.75) is 44.7 Å². The molecule has 33 heavy (non-hydrogen) atoms. The monoisotopic (exact) mass is 468 g/mol. The summed E-state index contributed by atoms with van der Waals surface area (Å²) in [5.41, 5.74) is 2.97. The van der Waals surface area contributed by atoms with Crippen LogP contribution in [0.1, 0.15) is 36.9 Å². The number of hydrogen-bond acceptors (Lipinski definition) is 4. The first-order valence-corrected chi connectivity index (χ1v) is 13.0. The lowest BCUT2D eigenvalue weighted by Gasteiger charge is -2.43. The number of pyridine rings is 1. The second kappa shape index (κ2) is 10.5. The number of nitrogens with zero attached hydrogens (tertiary/aromatic N) is 2. The van der Waals surface area contributed by atoms with Crippen LogP contribution < -0.4 is 16.2 Å². The molecule has 1 aromatic heterocycles. The third kappa shape index (κ3) is 5.43. The number of likely N-dealkylation sites (tertiary alicyclic amines) is 1. The molecule has 7 nitrogen and oxygen atoms in total. The van der Waals surface area contributed by atoms with Crippen LogP contribution in [0.5, 0.6) is 0 Å². The normalized spacial score (nSPS) is 20.0. The van der Waals surface area contributed by atoms with E-state index in [9.17, 15) is 14.4 Å². The topological polar surface area (TPSA) is 83.4 Å². The lowest BCUT2D eigenvalue weighted by molar-refractivity contribution is -0.118. The molecule has 0 aliphatic carbocycles. The fourth-order valence-corrected chi connectivity index (χ4v) is 5.33. The molecule has 3 atom stereocenters. The summed E-state index contributed by atoms with van der Waals surface area (Å²) in [6.45, 7) is 3.88. The van der Waals surface area contributed by atoms with Crippen molar-refractivity contribution >= 4 is 29.4 Å². The molecular formula is C25H32N4O3S. The molecule has 176 valence electrons. The van der Waals surface area contributed by atoms with Crippen molar-refractivity contribution in [3.05, 3.63) is 64.1 Å². The zero-order chi connectivity index (χ0) is 23.4. The molecule has 0 unspecified atom stereocenters. The number of aromatic nitrogens is 1. The lowest BCUT2D eigenvalue weighted by atomic mass is 9.83. The SMILES string of the molecule is CCc1ccc(NC(=O)[C@H](CCSC)NC(=O)N2C[C@H]3C[C@@H](C2)c2cccc(=O)n2C3)cc1. The largest absolute Gasteiger partial charge is 0.326 e. The Morgan fingerprint density at radius 2 is 1.91 bits per heavy atom. The van der Waals surface area contributed by atoms with E-state index < -0.39 is 6.04 Å². The average molecular weight is 469 g/mol. The van der Waals surface area contributed by atoms with Crippen molar-refractivity contribution in [3.8, 4) is 0 Å². The number of piperidine rings is 1. The molecule has 2 N–H and O–H groups in total.